The number of benzene rings is 3. The van der Waals surface area contributed by atoms with Gasteiger partial charge in [0.2, 0.25) is 11.5 Å². The maximum atomic E-state index is 13.6. The predicted molar refractivity (Wildman–Crippen MR) is 139 cm³/mol. The van der Waals surface area contributed by atoms with Crippen LogP contribution in [0.15, 0.2) is 24.3 Å². The standard InChI is InChI=1S/C27H22O18/c28-5-13-21(43-24(38)6-1-9(29)16(33)10(30)2-6)22-23(27(41)42-13)45-26(40)8-4-12(32)18(35)20(37)15(8)14-7(25(39)44-22)3-11(31)17(34)19(14)36/h1-4,13,21-23,27-37,41H,5H2/t13-,21-,22+,23-,27?/m1/s1. The normalized spacial score (nSPS) is 22.7. The Bertz CT molecular complexity index is 1730. The van der Waals surface area contributed by atoms with Gasteiger partial charge in [-0.05, 0) is 24.3 Å². The molecule has 18 heteroatoms. The van der Waals surface area contributed by atoms with Gasteiger partial charge < -0.3 is 75.1 Å². The molecule has 0 saturated carbocycles. The highest BCUT2D eigenvalue weighted by molar-refractivity contribution is 6.08. The predicted octanol–water partition coefficient (Wildman–Crippen LogP) is -0.297. The van der Waals surface area contributed by atoms with E-state index >= 15 is 0 Å². The minimum Gasteiger partial charge on any atom is -0.504 e. The van der Waals surface area contributed by atoms with Gasteiger partial charge in [0.1, 0.15) is 6.10 Å². The van der Waals surface area contributed by atoms with Crippen LogP contribution in [0, 0.1) is 0 Å². The van der Waals surface area contributed by atoms with Crippen LogP contribution in [-0.4, -0.2) is 111 Å². The summed E-state index contributed by atoms with van der Waals surface area (Å²) in [6, 6.07) is 2.43. The van der Waals surface area contributed by atoms with E-state index < -0.39 is 135 Å². The zero-order valence-corrected chi connectivity index (χ0v) is 22.2. The first-order valence-electron chi connectivity index (χ1n) is 12.5. The molecule has 45 heavy (non-hydrogen) atoms. The molecule has 3 aromatic carbocycles. The monoisotopic (exact) mass is 634 g/mol. The van der Waals surface area contributed by atoms with Crippen molar-refractivity contribution < 1.29 is 89.5 Å². The number of phenols is 9. The van der Waals surface area contributed by atoms with E-state index in [0.29, 0.717) is 24.3 Å². The van der Waals surface area contributed by atoms with Crippen LogP contribution in [0.2, 0.25) is 0 Å². The van der Waals surface area contributed by atoms with Crippen LogP contribution in [0.4, 0.5) is 0 Å². The third-order valence-corrected chi connectivity index (χ3v) is 7.02. The van der Waals surface area contributed by atoms with Crippen molar-refractivity contribution in [2.45, 2.75) is 30.7 Å². The average molecular weight is 634 g/mol. The van der Waals surface area contributed by atoms with Crippen LogP contribution in [0.3, 0.4) is 0 Å². The molecule has 0 amide bonds. The Hall–Kier alpha value is -5.85. The third kappa shape index (κ3) is 4.97. The SMILES string of the molecule is O=C(O[C@H]1[C@@H]2OC(=O)c3cc(O)c(O)c(O)c3-c3c(cc(O)c(O)c3O)C(=O)O[C@H]2C(O)O[C@@H]1CO)c1cc(O)c(O)c(O)c1. The summed E-state index contributed by atoms with van der Waals surface area (Å²) in [5.41, 5.74) is -4.16. The van der Waals surface area contributed by atoms with Gasteiger partial charge in [-0.25, -0.2) is 14.4 Å². The Balaban J connectivity index is 1.69. The van der Waals surface area contributed by atoms with Crippen molar-refractivity contribution in [3.05, 3.63) is 41.0 Å². The molecule has 3 aromatic rings. The van der Waals surface area contributed by atoms with Crippen LogP contribution in [0.5, 0.6) is 51.7 Å². The second-order valence-corrected chi connectivity index (χ2v) is 9.75. The zero-order valence-electron chi connectivity index (χ0n) is 22.2. The van der Waals surface area contributed by atoms with Crippen molar-refractivity contribution in [2.75, 3.05) is 6.61 Å². The molecule has 0 aliphatic carbocycles. The van der Waals surface area contributed by atoms with Crippen LogP contribution >= 0.6 is 0 Å². The number of aliphatic hydroxyl groups is 2. The molecule has 0 aromatic heterocycles. The zero-order chi connectivity index (χ0) is 33.1. The quantitative estimate of drug-likeness (QED) is 0.100. The maximum Gasteiger partial charge on any atom is 0.339 e. The summed E-state index contributed by atoms with van der Waals surface area (Å²) in [5.74, 6) is -14.7. The molecular formula is C27H22O18. The number of phenolic OH excluding ortho intramolecular Hbond substituents is 9. The summed E-state index contributed by atoms with van der Waals surface area (Å²) in [5, 5.41) is 112. The van der Waals surface area contributed by atoms with E-state index in [1.54, 1.807) is 0 Å². The Kier molecular flexibility index (Phi) is 7.49. The molecule has 5 atom stereocenters. The maximum absolute atomic E-state index is 13.6. The van der Waals surface area contributed by atoms with Crippen molar-refractivity contribution in [2.24, 2.45) is 0 Å². The molecule has 0 spiro atoms. The van der Waals surface area contributed by atoms with Gasteiger partial charge in [0.15, 0.2) is 64.8 Å². The summed E-state index contributed by atoms with van der Waals surface area (Å²) in [6.07, 6.45) is -10.1. The third-order valence-electron chi connectivity index (χ3n) is 7.02. The lowest BCUT2D eigenvalue weighted by Gasteiger charge is -2.43. The van der Waals surface area contributed by atoms with E-state index in [4.69, 9.17) is 18.9 Å². The van der Waals surface area contributed by atoms with Gasteiger partial charge in [-0.3, -0.25) is 0 Å². The Morgan fingerprint density at radius 2 is 1.11 bits per heavy atom. The molecule has 11 N–H and O–H groups in total. The molecule has 0 bridgehead atoms. The van der Waals surface area contributed by atoms with Gasteiger partial charge in [0.25, 0.3) is 0 Å². The highest BCUT2D eigenvalue weighted by Crippen LogP contribution is 2.53. The molecule has 5 rings (SSSR count). The first-order valence-corrected chi connectivity index (χ1v) is 12.5. The molecule has 2 aliphatic rings. The van der Waals surface area contributed by atoms with Crippen molar-refractivity contribution in [1.29, 1.82) is 0 Å². The number of ether oxygens (including phenoxy) is 4. The largest absolute Gasteiger partial charge is 0.504 e. The average Bonchev–Trinajstić information content (AvgIpc) is 2.99. The highest BCUT2D eigenvalue weighted by Gasteiger charge is 2.53. The number of esters is 3. The van der Waals surface area contributed by atoms with Gasteiger partial charge in [-0.2, -0.15) is 0 Å². The van der Waals surface area contributed by atoms with Crippen LogP contribution in [-0.2, 0) is 18.9 Å². The van der Waals surface area contributed by atoms with E-state index in [9.17, 15) is 70.6 Å². The number of carbonyl (C=O) groups excluding carboxylic acids is 3. The minimum atomic E-state index is -2.22. The lowest BCUT2D eigenvalue weighted by molar-refractivity contribution is -0.284. The van der Waals surface area contributed by atoms with Crippen LogP contribution < -0.4 is 0 Å². The first kappa shape index (κ1) is 30.6. The van der Waals surface area contributed by atoms with E-state index in [1.807, 2.05) is 0 Å². The lowest BCUT2D eigenvalue weighted by atomic mass is 9.91. The number of hydrogen-bond donors (Lipinski definition) is 11. The molecular weight excluding hydrogens is 612 g/mol. The summed E-state index contributed by atoms with van der Waals surface area (Å²) >= 11 is 0. The number of rotatable bonds is 3. The first-order chi connectivity index (χ1) is 21.2. The van der Waals surface area contributed by atoms with E-state index in [0.717, 1.165) is 0 Å². The van der Waals surface area contributed by atoms with Crippen molar-refractivity contribution in [1.82, 2.24) is 0 Å². The topological polar surface area (TPSA) is 311 Å². The highest BCUT2D eigenvalue weighted by atomic mass is 16.7. The van der Waals surface area contributed by atoms with Crippen LogP contribution in [0.1, 0.15) is 31.1 Å². The molecule has 2 aliphatic heterocycles. The number of carbonyl (C=O) groups is 3. The lowest BCUT2D eigenvalue weighted by Crippen LogP contribution is -2.62. The smallest absolute Gasteiger partial charge is 0.339 e. The number of hydrogen-bond acceptors (Lipinski definition) is 18. The van der Waals surface area contributed by atoms with Gasteiger partial charge in [-0.15, -0.1) is 0 Å². The number of aromatic hydroxyl groups is 9. The summed E-state index contributed by atoms with van der Waals surface area (Å²) in [7, 11) is 0. The fourth-order valence-electron chi connectivity index (χ4n) is 4.85. The van der Waals surface area contributed by atoms with Crippen LogP contribution in [0.25, 0.3) is 11.1 Å². The Morgan fingerprint density at radius 1 is 0.667 bits per heavy atom. The molecule has 238 valence electrons. The molecule has 2 heterocycles. The van der Waals surface area contributed by atoms with Crippen molar-refractivity contribution >= 4 is 17.9 Å². The van der Waals surface area contributed by atoms with Gasteiger partial charge in [0.05, 0.1) is 23.3 Å². The summed E-state index contributed by atoms with van der Waals surface area (Å²) < 4.78 is 21.2. The molecule has 18 nitrogen and oxygen atoms in total. The fourth-order valence-corrected chi connectivity index (χ4v) is 4.85. The molecule has 1 fully saturated rings. The minimum absolute atomic E-state index is 0.532. The molecule has 1 unspecified atom stereocenters. The summed E-state index contributed by atoms with van der Waals surface area (Å²) in [4.78, 5) is 40.1. The molecule has 1 saturated heterocycles. The van der Waals surface area contributed by atoms with Gasteiger partial charge in [0, 0.05) is 11.1 Å². The van der Waals surface area contributed by atoms with E-state index in [1.165, 1.54) is 0 Å². The number of fused-ring (bicyclic) bond motifs is 4. The fraction of sp³-hybridized carbons (Fsp3) is 0.222. The second-order valence-electron chi connectivity index (χ2n) is 9.75. The summed E-state index contributed by atoms with van der Waals surface area (Å²) in [6.45, 7) is -1.02. The Labute approximate surface area is 248 Å². The molecule has 0 radical (unpaired) electrons. The van der Waals surface area contributed by atoms with E-state index in [-0.39, 0.29) is 0 Å². The van der Waals surface area contributed by atoms with E-state index in [2.05, 4.69) is 0 Å². The Morgan fingerprint density at radius 3 is 1.58 bits per heavy atom. The van der Waals surface area contributed by atoms with Gasteiger partial charge in [-0.1, -0.05) is 0 Å². The number of aliphatic hydroxyl groups excluding tert-OH is 2. The van der Waals surface area contributed by atoms with Crippen molar-refractivity contribution in [3.8, 4) is 62.9 Å². The van der Waals surface area contributed by atoms with Gasteiger partial charge >= 0.3 is 17.9 Å². The second kappa shape index (κ2) is 11.0. The van der Waals surface area contributed by atoms with Crippen molar-refractivity contribution in [3.63, 3.8) is 0 Å².